The van der Waals surface area contributed by atoms with Crippen LogP contribution in [0.4, 0.5) is 0 Å². The molecule has 1 atom stereocenters. The highest BCUT2D eigenvalue weighted by atomic mass is 35.5. The number of nitrogens with one attached hydrogen (secondary N) is 2. The first kappa shape index (κ1) is 19.4. The molecule has 0 aliphatic rings. The third kappa shape index (κ3) is 7.11. The Labute approximate surface area is 131 Å². The third-order valence-corrected chi connectivity index (χ3v) is 2.97. The van der Waals surface area contributed by atoms with Crippen LogP contribution in [0.5, 0.6) is 5.75 Å². The summed E-state index contributed by atoms with van der Waals surface area (Å²) >= 11 is 0. The fourth-order valence-corrected chi connectivity index (χ4v) is 1.51. The predicted octanol–water partition coefficient (Wildman–Crippen LogP) is 1.80. The van der Waals surface area contributed by atoms with E-state index in [-0.39, 0.29) is 36.7 Å². The van der Waals surface area contributed by atoms with Crippen LogP contribution in [0.25, 0.3) is 0 Å². The van der Waals surface area contributed by atoms with Crippen LogP contribution in [0, 0.1) is 0 Å². The lowest BCUT2D eigenvalue weighted by atomic mass is 10.1. The van der Waals surface area contributed by atoms with Crippen LogP contribution in [0.15, 0.2) is 24.3 Å². The molecule has 0 spiro atoms. The highest BCUT2D eigenvalue weighted by molar-refractivity contribution is 5.95. The highest BCUT2D eigenvalue weighted by Gasteiger charge is 2.06. The molecule has 6 heteroatoms. The van der Waals surface area contributed by atoms with E-state index in [2.05, 4.69) is 10.6 Å². The molecule has 2 N–H and O–H groups in total. The summed E-state index contributed by atoms with van der Waals surface area (Å²) in [7, 11) is 1.84. The lowest BCUT2D eigenvalue weighted by Gasteiger charge is -2.12. The van der Waals surface area contributed by atoms with E-state index in [4.69, 9.17) is 4.74 Å². The molecule has 5 nitrogen and oxygen atoms in total. The molecule has 1 aromatic rings. The van der Waals surface area contributed by atoms with Gasteiger partial charge in [-0.2, -0.15) is 0 Å². The van der Waals surface area contributed by atoms with Crippen LogP contribution in [0.2, 0.25) is 0 Å². The largest absolute Gasteiger partial charge is 0.484 e. The van der Waals surface area contributed by atoms with Gasteiger partial charge in [0.25, 0.3) is 5.91 Å². The number of carbonyl (C=O) groups excluding carboxylic acids is 2. The van der Waals surface area contributed by atoms with Crippen LogP contribution in [-0.2, 0) is 4.79 Å². The fourth-order valence-electron chi connectivity index (χ4n) is 1.51. The number of carbonyl (C=O) groups is 2. The Bertz CT molecular complexity index is 449. The van der Waals surface area contributed by atoms with Crippen LogP contribution in [0.1, 0.15) is 30.6 Å². The number of halogens is 1. The molecular formula is C15H23ClN2O3. The summed E-state index contributed by atoms with van der Waals surface area (Å²) in [5, 5.41) is 5.79. The molecule has 0 radical (unpaired) electrons. The molecule has 118 valence electrons. The molecule has 0 saturated carbocycles. The lowest BCUT2D eigenvalue weighted by Crippen LogP contribution is -2.39. The molecule has 1 rings (SSSR count). The molecule has 0 heterocycles. The zero-order valence-electron chi connectivity index (χ0n) is 12.6. The Balaban J connectivity index is 0.00000400. The number of hydrogen-bond acceptors (Lipinski definition) is 4. The van der Waals surface area contributed by atoms with E-state index in [1.807, 2.05) is 20.9 Å². The minimum Gasteiger partial charge on any atom is -0.484 e. The van der Waals surface area contributed by atoms with Gasteiger partial charge < -0.3 is 15.4 Å². The Morgan fingerprint density at radius 2 is 1.86 bits per heavy atom. The van der Waals surface area contributed by atoms with Gasteiger partial charge in [-0.3, -0.25) is 9.59 Å². The van der Waals surface area contributed by atoms with E-state index < -0.39 is 0 Å². The number of ether oxygens (including phenoxy) is 1. The summed E-state index contributed by atoms with van der Waals surface area (Å²) in [4.78, 5) is 23.0. The average Bonchev–Trinajstić information content (AvgIpc) is 2.50. The first-order chi connectivity index (χ1) is 9.56. The van der Waals surface area contributed by atoms with Gasteiger partial charge in [0.05, 0.1) is 0 Å². The second kappa shape index (κ2) is 10.2. The molecule has 1 amide bonds. The molecule has 1 unspecified atom stereocenters. The molecule has 21 heavy (non-hydrogen) atoms. The van der Waals surface area contributed by atoms with Gasteiger partial charge in [0.2, 0.25) is 0 Å². The smallest absolute Gasteiger partial charge is 0.257 e. The van der Waals surface area contributed by atoms with Crippen molar-refractivity contribution >= 4 is 24.1 Å². The number of Topliss-reactive ketones (excluding diaryl/α,β-unsaturated/α-hetero) is 1. The van der Waals surface area contributed by atoms with Gasteiger partial charge in [0.1, 0.15) is 5.75 Å². The Morgan fingerprint density at radius 1 is 1.24 bits per heavy atom. The van der Waals surface area contributed by atoms with Gasteiger partial charge in [0, 0.05) is 24.6 Å². The van der Waals surface area contributed by atoms with Gasteiger partial charge in [-0.25, -0.2) is 0 Å². The van der Waals surface area contributed by atoms with Gasteiger partial charge in [-0.15, -0.1) is 12.4 Å². The predicted molar refractivity (Wildman–Crippen MR) is 85.3 cm³/mol. The molecule has 0 bridgehead atoms. The number of amides is 1. The summed E-state index contributed by atoms with van der Waals surface area (Å²) in [5.41, 5.74) is 0.659. The second-order valence-corrected chi connectivity index (χ2v) is 4.58. The minimum atomic E-state index is -0.166. The van der Waals surface area contributed by atoms with Crippen molar-refractivity contribution in [3.63, 3.8) is 0 Å². The summed E-state index contributed by atoms with van der Waals surface area (Å²) in [6.45, 7) is 4.33. The first-order valence-corrected chi connectivity index (χ1v) is 6.76. The standard InChI is InChI=1S/C15H22N2O3.ClH/c1-4-14(18)12-5-7-13(8-6-12)20-10-15(19)17-9-11(2)16-3;/h5-8,11,16H,4,9-10H2,1-3H3,(H,17,19);1H. The van der Waals surface area contributed by atoms with Gasteiger partial charge in [-0.1, -0.05) is 6.92 Å². The van der Waals surface area contributed by atoms with Crippen molar-refractivity contribution in [2.45, 2.75) is 26.3 Å². The van der Waals surface area contributed by atoms with Crippen molar-refractivity contribution in [2.24, 2.45) is 0 Å². The number of benzene rings is 1. The Hall–Kier alpha value is -1.59. The zero-order chi connectivity index (χ0) is 15.0. The molecule has 0 aliphatic heterocycles. The minimum absolute atomic E-state index is 0. The number of rotatable bonds is 8. The molecule has 1 aromatic carbocycles. The van der Waals surface area contributed by atoms with E-state index in [9.17, 15) is 9.59 Å². The SMILES string of the molecule is CCC(=O)c1ccc(OCC(=O)NCC(C)NC)cc1.Cl. The molecule has 0 fully saturated rings. The Morgan fingerprint density at radius 3 is 2.38 bits per heavy atom. The van der Waals surface area contributed by atoms with Crippen LogP contribution in [-0.4, -0.2) is 37.9 Å². The molecule has 0 saturated heterocycles. The maximum absolute atomic E-state index is 11.5. The number of likely N-dealkylation sites (N-methyl/N-ethyl adjacent to an activating group) is 1. The Kier molecular flexibility index (Phi) is 9.41. The summed E-state index contributed by atoms with van der Waals surface area (Å²) in [6, 6.07) is 7.04. The van der Waals surface area contributed by atoms with Crippen molar-refractivity contribution in [3.05, 3.63) is 29.8 Å². The topological polar surface area (TPSA) is 67.4 Å². The summed E-state index contributed by atoms with van der Waals surface area (Å²) in [6.07, 6.45) is 0.478. The van der Waals surface area contributed by atoms with Crippen molar-refractivity contribution in [3.8, 4) is 5.75 Å². The van der Waals surface area contributed by atoms with E-state index in [1.165, 1.54) is 0 Å². The quantitative estimate of drug-likeness (QED) is 0.718. The highest BCUT2D eigenvalue weighted by Crippen LogP contribution is 2.13. The van der Waals surface area contributed by atoms with E-state index in [1.54, 1.807) is 24.3 Å². The molecule has 0 aromatic heterocycles. The van der Waals surface area contributed by atoms with Crippen LogP contribution in [0.3, 0.4) is 0 Å². The summed E-state index contributed by atoms with van der Waals surface area (Å²) < 4.78 is 5.36. The van der Waals surface area contributed by atoms with Crippen molar-refractivity contribution in [1.82, 2.24) is 10.6 Å². The summed E-state index contributed by atoms with van der Waals surface area (Å²) in [5.74, 6) is 0.505. The monoisotopic (exact) mass is 314 g/mol. The normalized spacial score (nSPS) is 11.2. The number of ketones is 1. The van der Waals surface area contributed by atoms with Crippen molar-refractivity contribution in [1.29, 1.82) is 0 Å². The van der Waals surface area contributed by atoms with Crippen molar-refractivity contribution < 1.29 is 14.3 Å². The first-order valence-electron chi connectivity index (χ1n) is 6.76. The maximum Gasteiger partial charge on any atom is 0.257 e. The van der Waals surface area contributed by atoms with Gasteiger partial charge in [0.15, 0.2) is 12.4 Å². The lowest BCUT2D eigenvalue weighted by molar-refractivity contribution is -0.123. The molecular weight excluding hydrogens is 292 g/mol. The van der Waals surface area contributed by atoms with E-state index >= 15 is 0 Å². The molecule has 0 aliphatic carbocycles. The zero-order valence-corrected chi connectivity index (χ0v) is 13.5. The average molecular weight is 315 g/mol. The van der Waals surface area contributed by atoms with E-state index in [0.717, 1.165) is 0 Å². The van der Waals surface area contributed by atoms with Crippen molar-refractivity contribution in [2.75, 3.05) is 20.2 Å². The second-order valence-electron chi connectivity index (χ2n) is 4.58. The van der Waals surface area contributed by atoms with Crippen LogP contribution < -0.4 is 15.4 Å². The van der Waals surface area contributed by atoms with Crippen LogP contribution >= 0.6 is 12.4 Å². The fraction of sp³-hybridized carbons (Fsp3) is 0.467. The third-order valence-electron chi connectivity index (χ3n) is 2.97. The number of hydrogen-bond donors (Lipinski definition) is 2. The van der Waals surface area contributed by atoms with Gasteiger partial charge in [-0.05, 0) is 38.2 Å². The van der Waals surface area contributed by atoms with Gasteiger partial charge >= 0.3 is 0 Å². The maximum atomic E-state index is 11.5. The van der Waals surface area contributed by atoms with E-state index in [0.29, 0.717) is 24.3 Å².